The van der Waals surface area contributed by atoms with Crippen molar-refractivity contribution in [3.05, 3.63) is 71.7 Å². The molecule has 0 aliphatic carbocycles. The highest BCUT2D eigenvalue weighted by atomic mass is 16.5. The maximum Gasteiger partial charge on any atom is 0.213 e. The summed E-state index contributed by atoms with van der Waals surface area (Å²) in [5.74, 6) is 1.44. The van der Waals surface area contributed by atoms with Gasteiger partial charge in [-0.1, -0.05) is 24.3 Å². The minimum atomic E-state index is 0.458. The third-order valence-corrected chi connectivity index (χ3v) is 3.72. The molecule has 0 aliphatic rings. The van der Waals surface area contributed by atoms with Gasteiger partial charge >= 0.3 is 0 Å². The number of hydrogen-bond acceptors (Lipinski definition) is 5. The number of aromatic nitrogens is 3. The summed E-state index contributed by atoms with van der Waals surface area (Å²) in [6.45, 7) is 4.48. The molecule has 3 rings (SSSR count). The van der Waals surface area contributed by atoms with Crippen molar-refractivity contribution >= 4 is 0 Å². The zero-order valence-electron chi connectivity index (χ0n) is 14.2. The van der Waals surface area contributed by atoms with Crippen molar-refractivity contribution in [1.29, 1.82) is 0 Å². The van der Waals surface area contributed by atoms with Crippen molar-refractivity contribution in [1.82, 2.24) is 20.5 Å². The molecule has 2 heterocycles. The van der Waals surface area contributed by atoms with E-state index in [-0.39, 0.29) is 0 Å². The number of nitrogens with zero attached hydrogens (tertiary/aromatic N) is 2. The third-order valence-electron chi connectivity index (χ3n) is 3.72. The van der Waals surface area contributed by atoms with Gasteiger partial charge in [0.15, 0.2) is 0 Å². The zero-order chi connectivity index (χ0) is 17.3. The van der Waals surface area contributed by atoms with Crippen molar-refractivity contribution in [2.24, 2.45) is 0 Å². The summed E-state index contributed by atoms with van der Waals surface area (Å²) in [6, 6.07) is 13.6. The maximum atomic E-state index is 5.59. The van der Waals surface area contributed by atoms with E-state index in [1.54, 1.807) is 0 Å². The van der Waals surface area contributed by atoms with Crippen LogP contribution in [0.4, 0.5) is 0 Å². The summed E-state index contributed by atoms with van der Waals surface area (Å²) in [5, 5.41) is 10.3. The van der Waals surface area contributed by atoms with Gasteiger partial charge in [-0.15, -0.1) is 0 Å². The lowest BCUT2D eigenvalue weighted by atomic mass is 10.2. The summed E-state index contributed by atoms with van der Waals surface area (Å²) in [7, 11) is 0. The molecule has 130 valence electrons. The highest BCUT2D eigenvalue weighted by Gasteiger charge is 2.01. The Kier molecular flexibility index (Phi) is 6.01. The number of hydrogen-bond donors (Lipinski definition) is 2. The summed E-state index contributed by atoms with van der Waals surface area (Å²) in [4.78, 5) is 4.32. The van der Waals surface area contributed by atoms with Gasteiger partial charge in [-0.3, -0.25) is 5.10 Å². The van der Waals surface area contributed by atoms with Gasteiger partial charge < -0.3 is 14.8 Å². The number of H-pyrrole nitrogens is 1. The molecule has 6 heteroatoms. The molecule has 0 atom stereocenters. The molecular formula is C19H22N4O2. The smallest absolute Gasteiger partial charge is 0.213 e. The minimum Gasteiger partial charge on any atom is -0.490 e. The van der Waals surface area contributed by atoms with E-state index in [1.807, 2.05) is 61.8 Å². The fourth-order valence-corrected chi connectivity index (χ4v) is 2.32. The number of rotatable bonds is 9. The average molecular weight is 338 g/mol. The number of aryl methyl sites for hydroxylation is 1. The molecule has 1 aromatic carbocycles. The van der Waals surface area contributed by atoms with Crippen LogP contribution in [0.5, 0.6) is 11.6 Å². The van der Waals surface area contributed by atoms with Gasteiger partial charge in [0, 0.05) is 36.6 Å². The summed E-state index contributed by atoms with van der Waals surface area (Å²) in [6.07, 6.45) is 3.66. The zero-order valence-corrected chi connectivity index (χ0v) is 14.2. The molecule has 3 aromatic rings. The number of ether oxygens (including phenoxy) is 2. The second kappa shape index (κ2) is 8.84. The average Bonchev–Trinajstić information content (AvgIpc) is 3.06. The molecule has 25 heavy (non-hydrogen) atoms. The van der Waals surface area contributed by atoms with E-state index in [9.17, 15) is 0 Å². The van der Waals surface area contributed by atoms with Crippen LogP contribution in [0.3, 0.4) is 0 Å². The lowest BCUT2D eigenvalue weighted by Crippen LogP contribution is -2.13. The van der Waals surface area contributed by atoms with E-state index in [0.717, 1.165) is 30.1 Å². The van der Waals surface area contributed by atoms with Crippen LogP contribution in [0.2, 0.25) is 0 Å². The molecular weight excluding hydrogens is 316 g/mol. The van der Waals surface area contributed by atoms with Crippen LogP contribution in [0.25, 0.3) is 0 Å². The molecule has 0 fully saturated rings. The molecule has 0 radical (unpaired) electrons. The molecule has 2 N–H and O–H groups in total. The SMILES string of the molecule is Cc1[nH]ncc1CNCc1ccc(OCCOc2ccccc2)nc1. The van der Waals surface area contributed by atoms with Gasteiger partial charge in [0.25, 0.3) is 0 Å². The van der Waals surface area contributed by atoms with E-state index >= 15 is 0 Å². The Morgan fingerprint density at radius 3 is 2.52 bits per heavy atom. The third kappa shape index (κ3) is 5.32. The Morgan fingerprint density at radius 2 is 1.80 bits per heavy atom. The normalized spacial score (nSPS) is 10.6. The molecule has 2 aromatic heterocycles. The predicted molar refractivity (Wildman–Crippen MR) is 95.5 cm³/mol. The van der Waals surface area contributed by atoms with Gasteiger partial charge in [-0.05, 0) is 24.6 Å². The summed E-state index contributed by atoms with van der Waals surface area (Å²) >= 11 is 0. The quantitative estimate of drug-likeness (QED) is 0.587. The van der Waals surface area contributed by atoms with E-state index in [1.165, 1.54) is 5.56 Å². The van der Waals surface area contributed by atoms with Crippen LogP contribution in [0.1, 0.15) is 16.8 Å². The largest absolute Gasteiger partial charge is 0.490 e. The first kappa shape index (κ1) is 17.0. The second-order valence-corrected chi connectivity index (χ2v) is 5.64. The first-order valence-electron chi connectivity index (χ1n) is 8.26. The van der Waals surface area contributed by atoms with Gasteiger partial charge in [-0.2, -0.15) is 5.10 Å². The number of nitrogens with one attached hydrogen (secondary N) is 2. The van der Waals surface area contributed by atoms with Gasteiger partial charge in [0.2, 0.25) is 5.88 Å². The maximum absolute atomic E-state index is 5.59. The molecule has 0 bridgehead atoms. The fraction of sp³-hybridized carbons (Fsp3) is 0.263. The Hall–Kier alpha value is -2.86. The van der Waals surface area contributed by atoms with Crippen molar-refractivity contribution in [3.63, 3.8) is 0 Å². The van der Waals surface area contributed by atoms with Gasteiger partial charge in [-0.25, -0.2) is 4.98 Å². The first-order valence-corrected chi connectivity index (χ1v) is 8.26. The van der Waals surface area contributed by atoms with Crippen LogP contribution < -0.4 is 14.8 Å². The summed E-state index contributed by atoms with van der Waals surface area (Å²) in [5.41, 5.74) is 3.37. The number of aromatic amines is 1. The van der Waals surface area contributed by atoms with E-state index in [4.69, 9.17) is 9.47 Å². The van der Waals surface area contributed by atoms with Crippen LogP contribution in [-0.2, 0) is 13.1 Å². The topological polar surface area (TPSA) is 72.1 Å². The Morgan fingerprint density at radius 1 is 0.960 bits per heavy atom. The van der Waals surface area contributed by atoms with Crippen molar-refractivity contribution in [2.45, 2.75) is 20.0 Å². The predicted octanol–water partition coefficient (Wildman–Crippen LogP) is 2.86. The number of benzene rings is 1. The van der Waals surface area contributed by atoms with Crippen molar-refractivity contribution in [2.75, 3.05) is 13.2 Å². The first-order chi connectivity index (χ1) is 12.3. The molecule has 0 saturated heterocycles. The highest BCUT2D eigenvalue weighted by Crippen LogP contribution is 2.10. The number of para-hydroxylation sites is 1. The molecule has 6 nitrogen and oxygen atoms in total. The Bertz CT molecular complexity index is 757. The number of pyridine rings is 1. The Labute approximate surface area is 147 Å². The van der Waals surface area contributed by atoms with Crippen LogP contribution >= 0.6 is 0 Å². The van der Waals surface area contributed by atoms with Crippen LogP contribution in [0, 0.1) is 6.92 Å². The van der Waals surface area contributed by atoms with Gasteiger partial charge in [0.05, 0.1) is 6.20 Å². The highest BCUT2D eigenvalue weighted by molar-refractivity contribution is 5.21. The Balaban J connectivity index is 1.36. The molecule has 0 unspecified atom stereocenters. The lowest BCUT2D eigenvalue weighted by molar-refractivity contribution is 0.212. The van der Waals surface area contributed by atoms with Gasteiger partial charge in [0.1, 0.15) is 19.0 Å². The molecule has 0 aliphatic heterocycles. The van der Waals surface area contributed by atoms with Crippen molar-refractivity contribution < 1.29 is 9.47 Å². The van der Waals surface area contributed by atoms with E-state index in [0.29, 0.717) is 19.1 Å². The van der Waals surface area contributed by atoms with Crippen molar-refractivity contribution in [3.8, 4) is 11.6 Å². The second-order valence-electron chi connectivity index (χ2n) is 5.64. The molecule has 0 saturated carbocycles. The van der Waals surface area contributed by atoms with Crippen LogP contribution in [0.15, 0.2) is 54.9 Å². The molecule has 0 spiro atoms. The molecule has 0 amide bonds. The standard InChI is InChI=1S/C19H22N4O2/c1-15-17(14-22-23-15)13-20-11-16-7-8-19(21-12-16)25-10-9-24-18-5-3-2-4-6-18/h2-8,12,14,20H,9-11,13H2,1H3,(H,22,23). The monoisotopic (exact) mass is 338 g/mol. The van der Waals surface area contributed by atoms with Crippen LogP contribution in [-0.4, -0.2) is 28.4 Å². The van der Waals surface area contributed by atoms with E-state index < -0.39 is 0 Å². The van der Waals surface area contributed by atoms with E-state index in [2.05, 4.69) is 20.5 Å². The lowest BCUT2D eigenvalue weighted by Gasteiger charge is -2.08. The summed E-state index contributed by atoms with van der Waals surface area (Å²) < 4.78 is 11.2. The fourth-order valence-electron chi connectivity index (χ4n) is 2.32. The minimum absolute atomic E-state index is 0.458.